The van der Waals surface area contributed by atoms with Gasteiger partial charge < -0.3 is 10.0 Å². The number of nitrogens with zero attached hydrogens (tertiary/aromatic N) is 2. The van der Waals surface area contributed by atoms with Gasteiger partial charge in [0.05, 0.1) is 17.3 Å². The number of oxime groups is 2. The lowest BCUT2D eigenvalue weighted by Gasteiger charge is -2.39. The maximum Gasteiger partial charge on any atom is 0.158 e. The Bertz CT molecular complexity index is 480. The summed E-state index contributed by atoms with van der Waals surface area (Å²) in [7, 11) is 1.42. The van der Waals surface area contributed by atoms with Crippen molar-refractivity contribution in [2.75, 3.05) is 7.11 Å². The van der Waals surface area contributed by atoms with Gasteiger partial charge in [0.1, 0.15) is 18.8 Å². The quantitative estimate of drug-likeness (QED) is 0.365. The van der Waals surface area contributed by atoms with E-state index in [9.17, 15) is 9.59 Å². The predicted octanol–water partition coefficient (Wildman–Crippen LogP) is 2.44. The predicted molar refractivity (Wildman–Crippen MR) is 79.6 cm³/mol. The normalized spacial score (nSPS) is 26.9. The molecule has 0 amide bonds. The summed E-state index contributed by atoms with van der Waals surface area (Å²) in [5, 5.41) is 16.2. The van der Waals surface area contributed by atoms with Crippen LogP contribution in [-0.2, 0) is 14.4 Å². The van der Waals surface area contributed by atoms with Crippen molar-refractivity contribution < 1.29 is 19.6 Å². The number of ketones is 2. The first-order valence-electron chi connectivity index (χ1n) is 7.15. The van der Waals surface area contributed by atoms with Crippen LogP contribution >= 0.6 is 0 Å². The van der Waals surface area contributed by atoms with E-state index in [1.807, 2.05) is 20.8 Å². The van der Waals surface area contributed by atoms with Gasteiger partial charge in [0.2, 0.25) is 0 Å². The molecule has 0 aromatic heterocycles. The van der Waals surface area contributed by atoms with E-state index in [0.29, 0.717) is 18.6 Å². The third-order valence-electron chi connectivity index (χ3n) is 3.92. The number of hydrogen-bond acceptors (Lipinski definition) is 6. The SMILES string of the molecule is CCC/C(=N/O)C1C(=O)CC(C)(C)C(/C(C)=N/OC)C1=O. The molecular formula is C15H24N2O4. The van der Waals surface area contributed by atoms with Crippen LogP contribution in [0.4, 0.5) is 0 Å². The molecule has 1 rings (SSSR count). The van der Waals surface area contributed by atoms with Gasteiger partial charge >= 0.3 is 0 Å². The Morgan fingerprint density at radius 1 is 1.43 bits per heavy atom. The van der Waals surface area contributed by atoms with Gasteiger partial charge in [-0.1, -0.05) is 37.5 Å². The van der Waals surface area contributed by atoms with Gasteiger partial charge in [-0.05, 0) is 18.8 Å². The molecule has 118 valence electrons. The zero-order valence-electron chi connectivity index (χ0n) is 13.3. The van der Waals surface area contributed by atoms with E-state index in [2.05, 4.69) is 10.3 Å². The summed E-state index contributed by atoms with van der Waals surface area (Å²) in [6.07, 6.45) is 1.37. The van der Waals surface area contributed by atoms with Crippen molar-refractivity contribution in [1.29, 1.82) is 0 Å². The van der Waals surface area contributed by atoms with E-state index in [1.165, 1.54) is 7.11 Å². The van der Waals surface area contributed by atoms with Crippen LogP contribution in [-0.4, -0.2) is 35.3 Å². The van der Waals surface area contributed by atoms with Gasteiger partial charge in [-0.25, -0.2) is 0 Å². The minimum atomic E-state index is -0.963. The molecule has 1 N–H and O–H groups in total. The van der Waals surface area contributed by atoms with Crippen LogP contribution in [0.25, 0.3) is 0 Å². The van der Waals surface area contributed by atoms with Crippen LogP contribution in [0, 0.1) is 17.3 Å². The first-order valence-corrected chi connectivity index (χ1v) is 7.15. The third kappa shape index (κ3) is 3.49. The molecule has 1 aliphatic carbocycles. The van der Waals surface area contributed by atoms with Gasteiger partial charge in [0.15, 0.2) is 5.78 Å². The number of carbonyl (C=O) groups excluding carboxylic acids is 2. The van der Waals surface area contributed by atoms with Gasteiger partial charge in [-0.3, -0.25) is 9.59 Å². The number of hydrogen-bond donors (Lipinski definition) is 1. The van der Waals surface area contributed by atoms with E-state index in [4.69, 9.17) is 10.0 Å². The van der Waals surface area contributed by atoms with Crippen molar-refractivity contribution in [3.63, 3.8) is 0 Å². The summed E-state index contributed by atoms with van der Waals surface area (Å²) in [6.45, 7) is 7.36. The van der Waals surface area contributed by atoms with Crippen molar-refractivity contribution in [3.05, 3.63) is 0 Å². The van der Waals surface area contributed by atoms with E-state index in [1.54, 1.807) is 6.92 Å². The molecule has 1 saturated carbocycles. The largest absolute Gasteiger partial charge is 0.411 e. The van der Waals surface area contributed by atoms with Gasteiger partial charge in [-0.15, -0.1) is 0 Å². The Balaban J connectivity index is 3.24. The van der Waals surface area contributed by atoms with Gasteiger partial charge in [0, 0.05) is 6.42 Å². The van der Waals surface area contributed by atoms with Gasteiger partial charge in [0.25, 0.3) is 0 Å². The lowest BCUT2D eigenvalue weighted by molar-refractivity contribution is -0.139. The third-order valence-corrected chi connectivity index (χ3v) is 3.92. The molecule has 0 spiro atoms. The van der Waals surface area contributed by atoms with Crippen LogP contribution in [0.3, 0.4) is 0 Å². The first kappa shape index (κ1) is 17.3. The Kier molecular flexibility index (Phi) is 5.63. The smallest absolute Gasteiger partial charge is 0.158 e. The van der Waals surface area contributed by atoms with Gasteiger partial charge in [-0.2, -0.15) is 0 Å². The van der Waals surface area contributed by atoms with E-state index < -0.39 is 17.3 Å². The van der Waals surface area contributed by atoms with E-state index in [-0.39, 0.29) is 23.7 Å². The molecule has 6 heteroatoms. The summed E-state index contributed by atoms with van der Waals surface area (Å²) in [5.74, 6) is -1.92. The minimum absolute atomic E-state index is 0.187. The summed E-state index contributed by atoms with van der Waals surface area (Å²) in [4.78, 5) is 29.9. The number of rotatable bonds is 5. The molecule has 0 heterocycles. The van der Waals surface area contributed by atoms with Crippen LogP contribution < -0.4 is 0 Å². The monoisotopic (exact) mass is 296 g/mol. The Labute approximate surface area is 125 Å². The fourth-order valence-corrected chi connectivity index (χ4v) is 3.19. The highest BCUT2D eigenvalue weighted by Crippen LogP contribution is 2.40. The lowest BCUT2D eigenvalue weighted by atomic mass is 9.61. The van der Waals surface area contributed by atoms with E-state index >= 15 is 0 Å². The first-order chi connectivity index (χ1) is 9.80. The summed E-state index contributed by atoms with van der Waals surface area (Å²) in [6, 6.07) is 0. The van der Waals surface area contributed by atoms with Crippen molar-refractivity contribution >= 4 is 23.0 Å². The van der Waals surface area contributed by atoms with Crippen LogP contribution in [0.2, 0.25) is 0 Å². The highest BCUT2D eigenvalue weighted by atomic mass is 16.6. The molecule has 0 aromatic carbocycles. The molecule has 21 heavy (non-hydrogen) atoms. The number of carbonyl (C=O) groups is 2. The second-order valence-electron chi connectivity index (χ2n) is 6.16. The average molecular weight is 296 g/mol. The Hall–Kier alpha value is -1.72. The highest BCUT2D eigenvalue weighted by Gasteiger charge is 2.50. The Morgan fingerprint density at radius 3 is 2.52 bits per heavy atom. The maximum atomic E-state index is 12.8. The lowest BCUT2D eigenvalue weighted by Crippen LogP contribution is -2.51. The standard InChI is InChI=1S/C15H24N2O4/c1-6-7-10(16-20)12-11(18)8-15(3,4)13(14(12)19)9(2)17-21-5/h12-13,20H,6-8H2,1-5H3/b16-10-,17-9+. The molecule has 2 atom stereocenters. The van der Waals surface area contributed by atoms with E-state index in [0.717, 1.165) is 0 Å². The van der Waals surface area contributed by atoms with Crippen molar-refractivity contribution in [1.82, 2.24) is 0 Å². The van der Waals surface area contributed by atoms with Crippen LogP contribution in [0.15, 0.2) is 10.3 Å². The molecular weight excluding hydrogens is 272 g/mol. The zero-order chi connectivity index (χ0) is 16.2. The molecule has 1 fully saturated rings. The number of Topliss-reactive ketones (excluding diaryl/α,β-unsaturated/α-hetero) is 2. The second-order valence-corrected chi connectivity index (χ2v) is 6.16. The fraction of sp³-hybridized carbons (Fsp3) is 0.733. The summed E-state index contributed by atoms with van der Waals surface area (Å²) >= 11 is 0. The minimum Gasteiger partial charge on any atom is -0.411 e. The van der Waals surface area contributed by atoms with Crippen molar-refractivity contribution in [2.24, 2.45) is 27.6 Å². The fourth-order valence-electron chi connectivity index (χ4n) is 3.19. The topological polar surface area (TPSA) is 88.3 Å². The van der Waals surface area contributed by atoms with Crippen LogP contribution in [0.5, 0.6) is 0 Å². The zero-order valence-corrected chi connectivity index (χ0v) is 13.3. The van der Waals surface area contributed by atoms with Crippen LogP contribution in [0.1, 0.15) is 47.0 Å². The van der Waals surface area contributed by atoms with Crippen molar-refractivity contribution in [3.8, 4) is 0 Å². The summed E-state index contributed by atoms with van der Waals surface area (Å²) in [5.41, 5.74) is 0.265. The Morgan fingerprint density at radius 2 is 2.05 bits per heavy atom. The summed E-state index contributed by atoms with van der Waals surface area (Å²) < 4.78 is 0. The molecule has 0 aromatic rings. The maximum absolute atomic E-state index is 12.8. The molecule has 0 bridgehead atoms. The molecule has 0 saturated heterocycles. The highest BCUT2D eigenvalue weighted by molar-refractivity contribution is 6.27. The molecule has 6 nitrogen and oxygen atoms in total. The average Bonchev–Trinajstić information content (AvgIpc) is 2.36. The molecule has 0 aliphatic heterocycles. The molecule has 2 unspecified atom stereocenters. The molecule has 1 aliphatic rings. The second kappa shape index (κ2) is 6.83. The van der Waals surface area contributed by atoms with Crippen molar-refractivity contribution in [2.45, 2.75) is 47.0 Å². The molecule has 0 radical (unpaired) electrons.